The molecular weight excluding hydrogens is 238 g/mol. The summed E-state index contributed by atoms with van der Waals surface area (Å²) in [6.45, 7) is 3.87. The number of pyridine rings is 1. The minimum atomic E-state index is -0.480. The van der Waals surface area contributed by atoms with Gasteiger partial charge in [0.25, 0.3) is 0 Å². The summed E-state index contributed by atoms with van der Waals surface area (Å²) in [5.74, 6) is -0.310. The van der Waals surface area contributed by atoms with Crippen LogP contribution in [0.4, 0.5) is 0 Å². The van der Waals surface area contributed by atoms with Crippen molar-refractivity contribution < 1.29 is 9.53 Å². The van der Waals surface area contributed by atoms with Gasteiger partial charge in [-0.3, -0.25) is 4.57 Å². The SMILES string of the molecule is CCOC(=O)C(C)n1c(=S)[nH]c2cccnc21. The molecule has 6 heteroatoms. The van der Waals surface area contributed by atoms with E-state index >= 15 is 0 Å². The van der Waals surface area contributed by atoms with E-state index in [9.17, 15) is 4.79 Å². The van der Waals surface area contributed by atoms with Crippen molar-refractivity contribution in [2.24, 2.45) is 0 Å². The van der Waals surface area contributed by atoms with E-state index in [4.69, 9.17) is 17.0 Å². The van der Waals surface area contributed by atoms with E-state index in [2.05, 4.69) is 9.97 Å². The molecule has 0 spiro atoms. The molecule has 0 aromatic carbocycles. The largest absolute Gasteiger partial charge is 0.464 e. The van der Waals surface area contributed by atoms with Crippen LogP contribution in [0.5, 0.6) is 0 Å². The topological polar surface area (TPSA) is 59.9 Å². The molecule has 0 bridgehead atoms. The fourth-order valence-corrected chi connectivity index (χ4v) is 2.04. The number of hydrogen-bond donors (Lipinski definition) is 1. The van der Waals surface area contributed by atoms with E-state index in [1.54, 1.807) is 24.6 Å². The van der Waals surface area contributed by atoms with E-state index in [-0.39, 0.29) is 5.97 Å². The van der Waals surface area contributed by atoms with Gasteiger partial charge in [-0.05, 0) is 38.2 Å². The molecule has 0 fully saturated rings. The molecule has 2 rings (SSSR count). The zero-order chi connectivity index (χ0) is 12.4. The Morgan fingerprint density at radius 3 is 3.18 bits per heavy atom. The van der Waals surface area contributed by atoms with E-state index in [0.29, 0.717) is 17.0 Å². The molecule has 0 saturated carbocycles. The van der Waals surface area contributed by atoms with Crippen LogP contribution in [-0.4, -0.2) is 27.1 Å². The number of carbonyl (C=O) groups is 1. The van der Waals surface area contributed by atoms with Gasteiger partial charge in [-0.2, -0.15) is 0 Å². The molecule has 0 amide bonds. The molecule has 1 unspecified atom stereocenters. The number of nitrogens with one attached hydrogen (secondary N) is 1. The Kier molecular flexibility index (Phi) is 3.23. The molecule has 1 atom stereocenters. The Hall–Kier alpha value is -1.69. The number of hydrogen-bond acceptors (Lipinski definition) is 4. The number of imidazole rings is 1. The summed E-state index contributed by atoms with van der Waals surface area (Å²) in [6.07, 6.45) is 1.67. The molecule has 0 aliphatic carbocycles. The molecule has 0 aliphatic rings. The van der Waals surface area contributed by atoms with Gasteiger partial charge in [0, 0.05) is 6.20 Å². The molecule has 0 radical (unpaired) electrons. The maximum absolute atomic E-state index is 11.7. The van der Waals surface area contributed by atoms with Crippen LogP contribution >= 0.6 is 12.2 Å². The van der Waals surface area contributed by atoms with Crippen LogP contribution in [0, 0.1) is 4.77 Å². The van der Waals surface area contributed by atoms with Gasteiger partial charge in [-0.1, -0.05) is 0 Å². The lowest BCUT2D eigenvalue weighted by atomic mass is 10.3. The van der Waals surface area contributed by atoms with E-state index < -0.39 is 6.04 Å². The lowest BCUT2D eigenvalue weighted by Gasteiger charge is -2.12. The number of aromatic nitrogens is 3. The van der Waals surface area contributed by atoms with Crippen molar-refractivity contribution in [1.29, 1.82) is 0 Å². The van der Waals surface area contributed by atoms with Crippen molar-refractivity contribution in [3.8, 4) is 0 Å². The molecule has 0 saturated heterocycles. The minimum absolute atomic E-state index is 0.310. The highest BCUT2D eigenvalue weighted by atomic mass is 32.1. The highest BCUT2D eigenvalue weighted by Gasteiger charge is 2.19. The average molecular weight is 251 g/mol. The van der Waals surface area contributed by atoms with E-state index in [1.807, 2.05) is 12.1 Å². The quantitative estimate of drug-likeness (QED) is 0.671. The summed E-state index contributed by atoms with van der Waals surface area (Å²) < 4.78 is 7.12. The number of nitrogens with zero attached hydrogens (tertiary/aromatic N) is 2. The first-order valence-electron chi connectivity index (χ1n) is 5.37. The number of esters is 1. The van der Waals surface area contributed by atoms with Crippen molar-refractivity contribution in [2.75, 3.05) is 6.61 Å². The number of aromatic amines is 1. The molecule has 2 heterocycles. The van der Waals surface area contributed by atoms with Gasteiger partial charge < -0.3 is 9.72 Å². The molecule has 17 heavy (non-hydrogen) atoms. The van der Waals surface area contributed by atoms with Crippen LogP contribution in [0.1, 0.15) is 19.9 Å². The first-order valence-corrected chi connectivity index (χ1v) is 5.77. The summed E-state index contributed by atoms with van der Waals surface area (Å²) in [7, 11) is 0. The van der Waals surface area contributed by atoms with E-state index in [0.717, 1.165) is 5.52 Å². The molecule has 2 aromatic rings. The third-order valence-corrected chi connectivity index (χ3v) is 2.79. The lowest BCUT2D eigenvalue weighted by Crippen LogP contribution is -2.19. The minimum Gasteiger partial charge on any atom is -0.464 e. The second-order valence-corrected chi connectivity index (χ2v) is 3.99. The zero-order valence-corrected chi connectivity index (χ0v) is 10.5. The summed E-state index contributed by atoms with van der Waals surface area (Å²) in [6, 6.07) is 3.20. The Bertz CT molecular complexity index is 602. The maximum atomic E-state index is 11.7. The summed E-state index contributed by atoms with van der Waals surface area (Å²) >= 11 is 5.19. The van der Waals surface area contributed by atoms with Crippen LogP contribution < -0.4 is 0 Å². The first kappa shape index (κ1) is 11.8. The summed E-state index contributed by atoms with van der Waals surface area (Å²) in [5, 5.41) is 0. The molecule has 90 valence electrons. The Balaban J connectivity index is 2.51. The molecular formula is C11H13N3O2S. The van der Waals surface area contributed by atoms with Gasteiger partial charge >= 0.3 is 5.97 Å². The maximum Gasteiger partial charge on any atom is 0.328 e. The normalized spacial score (nSPS) is 12.6. The lowest BCUT2D eigenvalue weighted by molar-refractivity contribution is -0.146. The zero-order valence-electron chi connectivity index (χ0n) is 9.64. The number of rotatable bonds is 3. The average Bonchev–Trinajstić information content (AvgIpc) is 2.64. The van der Waals surface area contributed by atoms with Gasteiger partial charge in [0.1, 0.15) is 6.04 Å². The number of ether oxygens (including phenoxy) is 1. The van der Waals surface area contributed by atoms with Gasteiger partial charge in [0.15, 0.2) is 10.4 Å². The Morgan fingerprint density at radius 1 is 1.71 bits per heavy atom. The highest BCUT2D eigenvalue weighted by molar-refractivity contribution is 7.71. The van der Waals surface area contributed by atoms with Gasteiger partial charge in [-0.25, -0.2) is 9.78 Å². The predicted octanol–water partition coefficient (Wildman–Crippen LogP) is 2.22. The smallest absolute Gasteiger partial charge is 0.328 e. The van der Waals surface area contributed by atoms with Crippen LogP contribution in [0.3, 0.4) is 0 Å². The van der Waals surface area contributed by atoms with Crippen molar-refractivity contribution in [3.63, 3.8) is 0 Å². The molecule has 5 nitrogen and oxygen atoms in total. The predicted molar refractivity (Wildman–Crippen MR) is 66.3 cm³/mol. The van der Waals surface area contributed by atoms with Crippen molar-refractivity contribution >= 4 is 29.4 Å². The molecule has 0 aliphatic heterocycles. The third-order valence-electron chi connectivity index (χ3n) is 2.49. The standard InChI is InChI=1S/C11H13N3O2S/c1-3-16-10(15)7(2)14-9-8(13-11(14)17)5-4-6-12-9/h4-7H,3H2,1-2H3,(H,13,17). The summed E-state index contributed by atoms with van der Waals surface area (Å²) in [5.41, 5.74) is 1.48. The van der Waals surface area contributed by atoms with E-state index in [1.165, 1.54) is 0 Å². The number of H-pyrrole nitrogens is 1. The molecule has 1 N–H and O–H groups in total. The van der Waals surface area contributed by atoms with Crippen LogP contribution in [-0.2, 0) is 9.53 Å². The van der Waals surface area contributed by atoms with Crippen LogP contribution in [0.15, 0.2) is 18.3 Å². The highest BCUT2D eigenvalue weighted by Crippen LogP contribution is 2.17. The fraction of sp³-hybridized carbons (Fsp3) is 0.364. The van der Waals surface area contributed by atoms with Crippen molar-refractivity contribution in [2.45, 2.75) is 19.9 Å². The third kappa shape index (κ3) is 2.08. The van der Waals surface area contributed by atoms with Crippen LogP contribution in [0.2, 0.25) is 0 Å². The van der Waals surface area contributed by atoms with Gasteiger partial charge in [0.2, 0.25) is 0 Å². The fourth-order valence-electron chi connectivity index (χ4n) is 1.69. The van der Waals surface area contributed by atoms with Gasteiger partial charge in [0.05, 0.1) is 12.1 Å². The number of fused-ring (bicyclic) bond motifs is 1. The van der Waals surface area contributed by atoms with Crippen molar-refractivity contribution in [1.82, 2.24) is 14.5 Å². The summed E-state index contributed by atoms with van der Waals surface area (Å²) in [4.78, 5) is 18.9. The van der Waals surface area contributed by atoms with Crippen LogP contribution in [0.25, 0.3) is 11.2 Å². The monoisotopic (exact) mass is 251 g/mol. The second-order valence-electron chi connectivity index (χ2n) is 3.60. The van der Waals surface area contributed by atoms with Gasteiger partial charge in [-0.15, -0.1) is 0 Å². The Morgan fingerprint density at radius 2 is 2.47 bits per heavy atom. The number of carbonyl (C=O) groups excluding carboxylic acids is 1. The first-order chi connectivity index (χ1) is 8.15. The molecule has 2 aromatic heterocycles. The van der Waals surface area contributed by atoms with Crippen molar-refractivity contribution in [3.05, 3.63) is 23.1 Å². The second kappa shape index (κ2) is 4.67. The Labute approximate surface area is 103 Å².